The molecule has 0 saturated heterocycles. The van der Waals surface area contributed by atoms with Crippen molar-refractivity contribution in [3.63, 3.8) is 0 Å². The Labute approximate surface area is 108 Å². The van der Waals surface area contributed by atoms with E-state index in [2.05, 4.69) is 20.4 Å². The molecule has 0 unspecified atom stereocenters. The van der Waals surface area contributed by atoms with Gasteiger partial charge in [0.05, 0.1) is 17.8 Å². The Kier molecular flexibility index (Phi) is 3.56. The van der Waals surface area contributed by atoms with Crippen LogP contribution >= 0.6 is 0 Å². The van der Waals surface area contributed by atoms with Crippen LogP contribution < -0.4 is 5.56 Å². The fourth-order valence-corrected chi connectivity index (χ4v) is 1.52. The van der Waals surface area contributed by atoms with Crippen molar-refractivity contribution in [2.45, 2.75) is 13.3 Å². The first-order valence-corrected chi connectivity index (χ1v) is 5.56. The molecule has 2 aromatic rings. The first-order valence-electron chi connectivity index (χ1n) is 5.56. The van der Waals surface area contributed by atoms with Crippen molar-refractivity contribution in [3.05, 3.63) is 45.9 Å². The van der Waals surface area contributed by atoms with Gasteiger partial charge in [-0.05, 0) is 24.6 Å². The minimum atomic E-state index is -0.885. The minimum Gasteiger partial charge on any atom is -0.481 e. The number of carboxylic acids is 1. The van der Waals surface area contributed by atoms with Crippen LogP contribution in [0.25, 0.3) is 0 Å². The molecule has 1 aromatic carbocycles. The van der Waals surface area contributed by atoms with Crippen molar-refractivity contribution >= 4 is 17.3 Å². The van der Waals surface area contributed by atoms with E-state index in [1.54, 1.807) is 31.2 Å². The smallest absolute Gasteiger partial charge is 0.307 e. The zero-order valence-corrected chi connectivity index (χ0v) is 10.2. The summed E-state index contributed by atoms with van der Waals surface area (Å²) in [5, 5.41) is 21.5. The molecule has 2 rings (SSSR count). The highest BCUT2D eigenvalue weighted by molar-refractivity contribution is 5.70. The van der Waals surface area contributed by atoms with Crippen molar-refractivity contribution in [1.29, 1.82) is 0 Å². The first-order chi connectivity index (χ1) is 9.06. The van der Waals surface area contributed by atoms with Gasteiger partial charge in [0.2, 0.25) is 0 Å². The van der Waals surface area contributed by atoms with Crippen LogP contribution in [-0.4, -0.2) is 21.3 Å². The maximum Gasteiger partial charge on any atom is 0.307 e. The number of nitrogens with zero attached hydrogens (tertiary/aromatic N) is 2. The number of aromatic nitrogens is 2. The second-order valence-corrected chi connectivity index (χ2v) is 3.99. The number of azo groups is 1. The lowest BCUT2D eigenvalue weighted by atomic mass is 10.1. The van der Waals surface area contributed by atoms with E-state index in [9.17, 15) is 9.59 Å². The molecule has 0 aliphatic heterocycles. The second-order valence-electron chi connectivity index (χ2n) is 3.99. The lowest BCUT2D eigenvalue weighted by molar-refractivity contribution is -0.136. The predicted octanol–water partition coefficient (Wildman–Crippen LogP) is 2.05. The van der Waals surface area contributed by atoms with E-state index in [0.717, 1.165) is 0 Å². The summed E-state index contributed by atoms with van der Waals surface area (Å²) < 4.78 is 0. The summed E-state index contributed by atoms with van der Waals surface area (Å²) in [6.45, 7) is 1.71. The van der Waals surface area contributed by atoms with Crippen LogP contribution in [-0.2, 0) is 11.2 Å². The molecular formula is C12H12N4O3. The maximum atomic E-state index is 11.3. The van der Waals surface area contributed by atoms with Gasteiger partial charge in [0, 0.05) is 0 Å². The second kappa shape index (κ2) is 5.30. The summed E-state index contributed by atoms with van der Waals surface area (Å²) in [4.78, 5) is 21.9. The quantitative estimate of drug-likeness (QED) is 0.731. The zero-order chi connectivity index (χ0) is 13.8. The van der Waals surface area contributed by atoms with Gasteiger partial charge in [-0.15, -0.1) is 5.11 Å². The molecular weight excluding hydrogens is 248 g/mol. The van der Waals surface area contributed by atoms with Gasteiger partial charge in [0.15, 0.2) is 5.69 Å². The molecule has 1 heterocycles. The van der Waals surface area contributed by atoms with Gasteiger partial charge < -0.3 is 10.2 Å². The summed E-state index contributed by atoms with van der Waals surface area (Å²) in [6, 6.07) is 6.63. The molecule has 0 atom stereocenters. The molecule has 98 valence electrons. The van der Waals surface area contributed by atoms with Crippen molar-refractivity contribution in [3.8, 4) is 0 Å². The number of hydrogen-bond donors (Lipinski definition) is 3. The third-order valence-corrected chi connectivity index (χ3v) is 2.49. The molecule has 1 aromatic heterocycles. The van der Waals surface area contributed by atoms with Crippen molar-refractivity contribution in [1.82, 2.24) is 10.2 Å². The highest BCUT2D eigenvalue weighted by atomic mass is 16.4. The molecule has 0 aliphatic rings. The number of aromatic amines is 2. The lowest BCUT2D eigenvalue weighted by Gasteiger charge is -1.96. The standard InChI is InChI=1S/C12H12N4O3/c1-7-11(12(19)16-13-7)15-14-9-4-2-8(3-5-9)6-10(17)18/h2-5H,6H2,1H3,(H,17,18)(H2,13,16,19). The van der Waals surface area contributed by atoms with Gasteiger partial charge in [-0.3, -0.25) is 14.7 Å². The van der Waals surface area contributed by atoms with Gasteiger partial charge in [-0.1, -0.05) is 12.1 Å². The number of benzene rings is 1. The number of hydrogen-bond acceptors (Lipinski definition) is 4. The van der Waals surface area contributed by atoms with E-state index in [4.69, 9.17) is 5.11 Å². The summed E-state index contributed by atoms with van der Waals surface area (Å²) in [7, 11) is 0. The van der Waals surface area contributed by atoms with Gasteiger partial charge in [-0.2, -0.15) is 5.11 Å². The SMILES string of the molecule is Cc1[nH][nH]c(=O)c1N=Nc1ccc(CC(=O)O)cc1. The summed E-state index contributed by atoms with van der Waals surface area (Å²) >= 11 is 0. The number of aryl methyl sites for hydroxylation is 1. The summed E-state index contributed by atoms with van der Waals surface area (Å²) in [5.41, 5.74) is 1.74. The van der Waals surface area contributed by atoms with E-state index in [1.165, 1.54) is 0 Å². The minimum absolute atomic E-state index is 0.0337. The number of nitrogens with one attached hydrogen (secondary N) is 2. The molecule has 0 spiro atoms. The zero-order valence-electron chi connectivity index (χ0n) is 10.2. The Bertz CT molecular complexity index is 667. The molecule has 3 N–H and O–H groups in total. The predicted molar refractivity (Wildman–Crippen MR) is 68.1 cm³/mol. The van der Waals surface area contributed by atoms with E-state index < -0.39 is 5.97 Å². The molecule has 0 radical (unpaired) electrons. The lowest BCUT2D eigenvalue weighted by Crippen LogP contribution is -1.99. The van der Waals surface area contributed by atoms with Crippen LogP contribution in [0.3, 0.4) is 0 Å². The largest absolute Gasteiger partial charge is 0.481 e. The van der Waals surface area contributed by atoms with Crippen LogP contribution in [0.4, 0.5) is 11.4 Å². The van der Waals surface area contributed by atoms with E-state index in [0.29, 0.717) is 16.9 Å². The molecule has 7 heteroatoms. The monoisotopic (exact) mass is 260 g/mol. The Morgan fingerprint density at radius 3 is 2.42 bits per heavy atom. The summed E-state index contributed by atoms with van der Waals surface area (Å²) in [5.74, 6) is -0.885. The number of carbonyl (C=O) groups is 1. The summed E-state index contributed by atoms with van der Waals surface area (Å²) in [6.07, 6.45) is -0.0337. The van der Waals surface area contributed by atoms with Gasteiger partial charge in [0.1, 0.15) is 0 Å². The Balaban J connectivity index is 2.16. The maximum absolute atomic E-state index is 11.3. The molecule has 19 heavy (non-hydrogen) atoms. The topological polar surface area (TPSA) is 111 Å². The van der Waals surface area contributed by atoms with E-state index >= 15 is 0 Å². The van der Waals surface area contributed by atoms with Gasteiger partial charge >= 0.3 is 5.97 Å². The average Bonchev–Trinajstić information content (AvgIpc) is 2.68. The third kappa shape index (κ3) is 3.15. The van der Waals surface area contributed by atoms with Crippen LogP contribution in [0.2, 0.25) is 0 Å². The number of aliphatic carboxylic acids is 1. The first kappa shape index (κ1) is 12.7. The van der Waals surface area contributed by atoms with Crippen LogP contribution in [0.1, 0.15) is 11.3 Å². The number of carboxylic acid groups (broad SMARTS) is 1. The number of rotatable bonds is 4. The van der Waals surface area contributed by atoms with Crippen LogP contribution in [0, 0.1) is 6.92 Å². The molecule has 0 saturated carbocycles. The average molecular weight is 260 g/mol. The molecule has 0 fully saturated rings. The fraction of sp³-hybridized carbons (Fsp3) is 0.167. The van der Waals surface area contributed by atoms with Crippen molar-refractivity contribution < 1.29 is 9.90 Å². The fourth-order valence-electron chi connectivity index (χ4n) is 1.52. The van der Waals surface area contributed by atoms with Crippen molar-refractivity contribution in [2.24, 2.45) is 10.2 Å². The Morgan fingerprint density at radius 2 is 1.89 bits per heavy atom. The van der Waals surface area contributed by atoms with E-state index in [1.807, 2.05) is 0 Å². The highest BCUT2D eigenvalue weighted by Crippen LogP contribution is 2.17. The Hall–Kier alpha value is -2.70. The number of H-pyrrole nitrogens is 2. The van der Waals surface area contributed by atoms with Crippen molar-refractivity contribution in [2.75, 3.05) is 0 Å². The van der Waals surface area contributed by atoms with Crippen LogP contribution in [0.15, 0.2) is 39.3 Å². The molecule has 0 aliphatic carbocycles. The highest BCUT2D eigenvalue weighted by Gasteiger charge is 2.04. The van der Waals surface area contributed by atoms with Gasteiger partial charge in [-0.25, -0.2) is 0 Å². The van der Waals surface area contributed by atoms with Crippen LogP contribution in [0.5, 0.6) is 0 Å². The molecule has 7 nitrogen and oxygen atoms in total. The Morgan fingerprint density at radius 1 is 1.21 bits per heavy atom. The third-order valence-electron chi connectivity index (χ3n) is 2.49. The normalized spacial score (nSPS) is 11.0. The van der Waals surface area contributed by atoms with E-state index in [-0.39, 0.29) is 17.7 Å². The molecule has 0 amide bonds. The molecule has 0 bridgehead atoms. The van der Waals surface area contributed by atoms with Gasteiger partial charge in [0.25, 0.3) is 5.56 Å².